The second-order valence-electron chi connectivity index (χ2n) is 3.84. The first-order valence-electron chi connectivity index (χ1n) is 5.53. The molecule has 0 saturated heterocycles. The highest BCUT2D eigenvalue weighted by molar-refractivity contribution is 6.74. The van der Waals surface area contributed by atoms with Crippen molar-refractivity contribution in [2.45, 2.75) is 47.3 Å². The molecular weight excluding hydrogens is 341 g/mol. The molecule has 0 spiro atoms. The predicted molar refractivity (Wildman–Crippen MR) is 75.6 cm³/mol. The molecule has 4 nitrogen and oxygen atoms in total. The van der Waals surface area contributed by atoms with Gasteiger partial charge in [0.15, 0.2) is 5.82 Å². The van der Waals surface area contributed by atoms with Crippen LogP contribution < -0.4 is 0 Å². The molecule has 0 aliphatic rings. The Hall–Kier alpha value is 0.520. The van der Waals surface area contributed by atoms with Gasteiger partial charge in [0.05, 0.1) is 0 Å². The van der Waals surface area contributed by atoms with E-state index in [0.717, 1.165) is 17.6 Å². The van der Waals surface area contributed by atoms with Crippen LogP contribution >= 0.6 is 58.0 Å². The van der Waals surface area contributed by atoms with Crippen LogP contribution in [-0.2, 0) is 10.9 Å². The normalized spacial score (nSPS) is 13.0. The fraction of sp³-hybridized carbons (Fsp3) is 0.889. The molecule has 0 aliphatic heterocycles. The van der Waals surface area contributed by atoms with E-state index in [1.54, 1.807) is 0 Å². The van der Waals surface area contributed by atoms with Gasteiger partial charge in [-0.3, -0.25) is 0 Å². The summed E-state index contributed by atoms with van der Waals surface area (Å²) >= 11 is 28.8. The Labute approximate surface area is 131 Å². The molecular formula is C9H13Cl5N4. The number of alkyl halides is 5. The quantitative estimate of drug-likeness (QED) is 0.566. The van der Waals surface area contributed by atoms with Crippen LogP contribution in [0.5, 0.6) is 0 Å². The van der Waals surface area contributed by atoms with E-state index >= 15 is 0 Å². The summed E-state index contributed by atoms with van der Waals surface area (Å²) in [7, 11) is 0. The molecule has 0 amide bonds. The number of tetrazole rings is 1. The Bertz CT molecular complexity index is 373. The average molecular weight is 354 g/mol. The summed E-state index contributed by atoms with van der Waals surface area (Å²) in [4.78, 5) is 0.915. The van der Waals surface area contributed by atoms with Gasteiger partial charge in [-0.1, -0.05) is 84.2 Å². The Morgan fingerprint density at radius 2 is 1.72 bits per heavy atom. The molecule has 0 N–H and O–H groups in total. The fourth-order valence-corrected chi connectivity index (χ4v) is 1.66. The van der Waals surface area contributed by atoms with Crippen molar-refractivity contribution in [2.24, 2.45) is 0 Å². The van der Waals surface area contributed by atoms with E-state index in [2.05, 4.69) is 22.3 Å². The van der Waals surface area contributed by atoms with Gasteiger partial charge >= 0.3 is 0 Å². The minimum absolute atomic E-state index is 0.533. The first-order valence-corrected chi connectivity index (χ1v) is 7.42. The number of rotatable bonds is 6. The van der Waals surface area contributed by atoms with Crippen LogP contribution in [0.1, 0.15) is 38.4 Å². The molecule has 0 unspecified atom stereocenters. The van der Waals surface area contributed by atoms with E-state index in [-0.39, 0.29) is 0 Å². The van der Waals surface area contributed by atoms with Crippen molar-refractivity contribution >= 4 is 58.0 Å². The first-order chi connectivity index (χ1) is 8.29. The molecule has 104 valence electrons. The van der Waals surface area contributed by atoms with Gasteiger partial charge in [0.25, 0.3) is 4.46 Å². The SMILES string of the molecule is CCCCCCc1nnn(C(Cl)(Cl)C(Cl)(Cl)Cl)n1. The van der Waals surface area contributed by atoms with Crippen molar-refractivity contribution in [1.82, 2.24) is 20.2 Å². The number of nitrogens with zero attached hydrogens (tertiary/aromatic N) is 4. The summed E-state index contributed by atoms with van der Waals surface area (Å²) < 4.78 is -3.83. The highest BCUT2D eigenvalue weighted by atomic mass is 35.6. The maximum Gasteiger partial charge on any atom is 0.276 e. The number of hydrogen-bond acceptors (Lipinski definition) is 3. The summed E-state index contributed by atoms with van der Waals surface area (Å²) in [5, 5.41) is 11.6. The second-order valence-corrected chi connectivity index (χ2v) is 7.41. The number of unbranched alkanes of at least 4 members (excludes halogenated alkanes) is 3. The third-order valence-corrected chi connectivity index (χ3v) is 4.57. The topological polar surface area (TPSA) is 43.6 Å². The maximum atomic E-state index is 5.90. The van der Waals surface area contributed by atoms with Gasteiger partial charge in [-0.15, -0.1) is 15.0 Å². The van der Waals surface area contributed by atoms with Crippen molar-refractivity contribution in [2.75, 3.05) is 0 Å². The lowest BCUT2D eigenvalue weighted by molar-refractivity contribution is 0.458. The number of hydrogen-bond donors (Lipinski definition) is 0. The Morgan fingerprint density at radius 3 is 2.28 bits per heavy atom. The number of aryl methyl sites for hydroxylation is 1. The average Bonchev–Trinajstić information content (AvgIpc) is 2.72. The molecule has 1 heterocycles. The van der Waals surface area contributed by atoms with Gasteiger partial charge in [-0.25, -0.2) is 0 Å². The molecule has 1 aromatic rings. The third kappa shape index (κ3) is 4.27. The van der Waals surface area contributed by atoms with Gasteiger partial charge in [-0.2, -0.15) is 0 Å². The molecule has 18 heavy (non-hydrogen) atoms. The van der Waals surface area contributed by atoms with E-state index in [1.165, 1.54) is 12.8 Å². The minimum Gasteiger partial charge on any atom is -0.133 e. The molecule has 1 aromatic heterocycles. The highest BCUT2D eigenvalue weighted by Gasteiger charge is 2.50. The minimum atomic E-state index is -1.95. The maximum absolute atomic E-state index is 5.90. The smallest absolute Gasteiger partial charge is 0.133 e. The van der Waals surface area contributed by atoms with E-state index in [1.807, 2.05) is 0 Å². The first kappa shape index (κ1) is 16.6. The standard InChI is InChI=1S/C9H13Cl5N4/c1-2-3-4-5-6-7-15-17-18(16-7)9(13,14)8(10,11)12/h2-6H2,1H3. The van der Waals surface area contributed by atoms with Crippen LogP contribution in [0.3, 0.4) is 0 Å². The predicted octanol–water partition coefficient (Wildman–Crippen LogP) is 4.25. The van der Waals surface area contributed by atoms with Crippen LogP contribution in [0.4, 0.5) is 0 Å². The van der Waals surface area contributed by atoms with Gasteiger partial charge in [0.2, 0.25) is 3.79 Å². The monoisotopic (exact) mass is 352 g/mol. The van der Waals surface area contributed by atoms with E-state index < -0.39 is 8.25 Å². The zero-order valence-electron chi connectivity index (χ0n) is 9.71. The van der Waals surface area contributed by atoms with Gasteiger partial charge in [0.1, 0.15) is 0 Å². The summed E-state index contributed by atoms with van der Waals surface area (Å²) in [6.07, 6.45) is 5.13. The molecule has 0 atom stereocenters. The summed E-state index contributed by atoms with van der Waals surface area (Å²) in [5.41, 5.74) is 0. The number of halogens is 5. The van der Waals surface area contributed by atoms with Crippen LogP contribution in [0.15, 0.2) is 0 Å². The molecule has 0 aromatic carbocycles. The van der Waals surface area contributed by atoms with Crippen LogP contribution in [-0.4, -0.2) is 24.0 Å². The third-order valence-electron chi connectivity index (χ3n) is 2.30. The summed E-state index contributed by atoms with van der Waals surface area (Å²) in [6, 6.07) is 0. The van der Waals surface area contributed by atoms with Crippen molar-refractivity contribution in [3.8, 4) is 0 Å². The zero-order valence-corrected chi connectivity index (χ0v) is 13.5. The van der Waals surface area contributed by atoms with Crippen molar-refractivity contribution in [1.29, 1.82) is 0 Å². The van der Waals surface area contributed by atoms with Crippen LogP contribution in [0.25, 0.3) is 0 Å². The van der Waals surface area contributed by atoms with Gasteiger partial charge in [-0.05, 0) is 11.6 Å². The lowest BCUT2D eigenvalue weighted by Gasteiger charge is -2.24. The molecule has 0 radical (unpaired) electrons. The molecule has 0 aliphatic carbocycles. The molecule has 1 rings (SSSR count). The van der Waals surface area contributed by atoms with Gasteiger partial charge < -0.3 is 0 Å². The molecule has 0 fully saturated rings. The molecule has 0 saturated carbocycles. The van der Waals surface area contributed by atoms with E-state index in [0.29, 0.717) is 12.2 Å². The van der Waals surface area contributed by atoms with Gasteiger partial charge in [0, 0.05) is 6.42 Å². The molecule has 0 bridgehead atoms. The Morgan fingerprint density at radius 1 is 1.06 bits per heavy atom. The van der Waals surface area contributed by atoms with Crippen molar-refractivity contribution in [3.63, 3.8) is 0 Å². The van der Waals surface area contributed by atoms with E-state index in [9.17, 15) is 0 Å². The van der Waals surface area contributed by atoms with Crippen LogP contribution in [0.2, 0.25) is 0 Å². The lowest BCUT2D eigenvalue weighted by Crippen LogP contribution is -2.36. The summed E-state index contributed by atoms with van der Waals surface area (Å²) in [6.45, 7) is 2.14. The Kier molecular flexibility index (Phi) is 6.26. The second kappa shape index (κ2) is 6.80. The lowest BCUT2D eigenvalue weighted by atomic mass is 10.1. The van der Waals surface area contributed by atoms with Crippen LogP contribution in [0, 0.1) is 0 Å². The van der Waals surface area contributed by atoms with Crippen molar-refractivity contribution in [3.05, 3.63) is 5.82 Å². The van der Waals surface area contributed by atoms with Crippen molar-refractivity contribution < 1.29 is 0 Å². The fourth-order valence-electron chi connectivity index (χ4n) is 1.29. The Balaban J connectivity index is 2.63. The van der Waals surface area contributed by atoms with E-state index in [4.69, 9.17) is 58.0 Å². The molecule has 9 heteroatoms. The largest absolute Gasteiger partial charge is 0.276 e. The summed E-state index contributed by atoms with van der Waals surface area (Å²) in [5.74, 6) is 0.533. The zero-order chi connectivity index (χ0) is 13.8. The number of aromatic nitrogens is 4. The highest BCUT2D eigenvalue weighted by Crippen LogP contribution is 2.48.